The van der Waals surface area contributed by atoms with Crippen molar-refractivity contribution in [3.05, 3.63) is 70.1 Å². The van der Waals surface area contributed by atoms with Crippen molar-refractivity contribution < 1.29 is 4.74 Å². The molecule has 1 saturated heterocycles. The van der Waals surface area contributed by atoms with E-state index < -0.39 is 0 Å². The summed E-state index contributed by atoms with van der Waals surface area (Å²) >= 11 is 6.09. The van der Waals surface area contributed by atoms with Gasteiger partial charge in [-0.15, -0.1) is 5.10 Å². The molecule has 1 N–H and O–H groups in total. The first-order valence-electron chi connectivity index (χ1n) is 10.3. The number of halogens is 1. The summed E-state index contributed by atoms with van der Waals surface area (Å²) in [6.07, 6.45) is 4.08. The van der Waals surface area contributed by atoms with Gasteiger partial charge in [-0.1, -0.05) is 16.8 Å². The predicted octanol–water partition coefficient (Wildman–Crippen LogP) is 3.90. The number of aromatic nitrogens is 4. The fourth-order valence-electron chi connectivity index (χ4n) is 3.85. The van der Waals surface area contributed by atoms with Crippen LogP contribution in [0.2, 0.25) is 5.02 Å². The number of H-pyrrole nitrogens is 1. The second-order valence-electron chi connectivity index (χ2n) is 7.91. The SMILES string of the molecule is CN1CCC(Oc2ccc(-n3cc(-c4cc5cc(Cl)ccc5[nH]c4=O)nn3)cc2)CC1. The van der Waals surface area contributed by atoms with Gasteiger partial charge in [0.2, 0.25) is 0 Å². The third-order valence-electron chi connectivity index (χ3n) is 5.65. The van der Waals surface area contributed by atoms with Crippen LogP contribution in [0.1, 0.15) is 12.8 Å². The van der Waals surface area contributed by atoms with E-state index in [9.17, 15) is 4.79 Å². The maximum Gasteiger partial charge on any atom is 0.258 e. The topological polar surface area (TPSA) is 76.0 Å². The first kappa shape index (κ1) is 19.8. The van der Waals surface area contributed by atoms with Crippen LogP contribution in [0.3, 0.4) is 0 Å². The molecule has 3 heterocycles. The van der Waals surface area contributed by atoms with Gasteiger partial charge in [-0.3, -0.25) is 4.79 Å². The van der Waals surface area contributed by atoms with Gasteiger partial charge >= 0.3 is 0 Å². The number of ether oxygens (including phenoxy) is 1. The van der Waals surface area contributed by atoms with E-state index >= 15 is 0 Å². The van der Waals surface area contributed by atoms with Crippen LogP contribution in [0.15, 0.2) is 59.5 Å². The Morgan fingerprint density at radius 1 is 1.10 bits per heavy atom. The zero-order valence-electron chi connectivity index (χ0n) is 17.1. The van der Waals surface area contributed by atoms with Crippen molar-refractivity contribution in [2.24, 2.45) is 0 Å². The molecule has 0 aliphatic carbocycles. The normalized spacial score (nSPS) is 15.4. The summed E-state index contributed by atoms with van der Waals surface area (Å²) in [7, 11) is 2.14. The van der Waals surface area contributed by atoms with Gasteiger partial charge < -0.3 is 14.6 Å². The van der Waals surface area contributed by atoms with Crippen molar-refractivity contribution in [2.45, 2.75) is 18.9 Å². The van der Waals surface area contributed by atoms with E-state index in [1.807, 2.05) is 30.3 Å². The van der Waals surface area contributed by atoms with E-state index in [1.165, 1.54) is 0 Å². The predicted molar refractivity (Wildman–Crippen MR) is 121 cm³/mol. The molecule has 1 aliphatic rings. The highest BCUT2D eigenvalue weighted by molar-refractivity contribution is 6.31. The Labute approximate surface area is 184 Å². The van der Waals surface area contributed by atoms with E-state index in [1.54, 1.807) is 29.1 Å². The molecular formula is C23H22ClN5O2. The van der Waals surface area contributed by atoms with Gasteiger partial charge in [-0.25, -0.2) is 4.68 Å². The summed E-state index contributed by atoms with van der Waals surface area (Å²) in [6, 6.07) is 14.9. The van der Waals surface area contributed by atoms with E-state index in [0.717, 1.165) is 48.3 Å². The molecule has 1 aliphatic heterocycles. The number of rotatable bonds is 4. The summed E-state index contributed by atoms with van der Waals surface area (Å²) in [6.45, 7) is 2.12. The van der Waals surface area contributed by atoms with Crippen molar-refractivity contribution in [3.8, 4) is 22.7 Å². The Morgan fingerprint density at radius 2 is 1.87 bits per heavy atom. The van der Waals surface area contributed by atoms with Gasteiger partial charge in [-0.2, -0.15) is 0 Å². The number of nitrogens with one attached hydrogen (secondary N) is 1. The smallest absolute Gasteiger partial charge is 0.258 e. The zero-order chi connectivity index (χ0) is 21.4. The molecule has 0 radical (unpaired) electrons. The molecule has 0 unspecified atom stereocenters. The third kappa shape index (κ3) is 4.19. The molecule has 1 fully saturated rings. The minimum atomic E-state index is -0.219. The van der Waals surface area contributed by atoms with E-state index in [-0.39, 0.29) is 11.7 Å². The largest absolute Gasteiger partial charge is 0.490 e. The Kier molecular flexibility index (Phi) is 5.21. The van der Waals surface area contributed by atoms with Crippen LogP contribution in [0.5, 0.6) is 5.75 Å². The highest BCUT2D eigenvalue weighted by Gasteiger charge is 2.18. The molecule has 2 aromatic heterocycles. The fraction of sp³-hybridized carbons (Fsp3) is 0.261. The number of likely N-dealkylation sites (tertiary alicyclic amines) is 1. The molecule has 5 rings (SSSR count). The lowest BCUT2D eigenvalue weighted by molar-refractivity contribution is 0.114. The molecule has 0 bridgehead atoms. The van der Waals surface area contributed by atoms with Crippen LogP contribution in [0, 0.1) is 0 Å². The molecule has 8 heteroatoms. The number of piperidine rings is 1. The number of pyridine rings is 1. The molecule has 0 atom stereocenters. The fourth-order valence-corrected chi connectivity index (χ4v) is 4.03. The molecule has 4 aromatic rings. The number of fused-ring (bicyclic) bond motifs is 1. The number of nitrogens with zero attached hydrogens (tertiary/aromatic N) is 4. The molecule has 0 saturated carbocycles. The van der Waals surface area contributed by atoms with Crippen LogP contribution < -0.4 is 10.3 Å². The molecule has 0 amide bonds. The molecule has 7 nitrogen and oxygen atoms in total. The zero-order valence-corrected chi connectivity index (χ0v) is 17.8. The van der Waals surface area contributed by atoms with Crippen molar-refractivity contribution >= 4 is 22.5 Å². The lowest BCUT2D eigenvalue weighted by Gasteiger charge is -2.29. The molecule has 2 aromatic carbocycles. The summed E-state index contributed by atoms with van der Waals surface area (Å²) in [5.41, 5.74) is 2.29. The average Bonchev–Trinajstić information content (AvgIpc) is 3.26. The number of hydrogen-bond acceptors (Lipinski definition) is 5. The molecular weight excluding hydrogens is 414 g/mol. The monoisotopic (exact) mass is 435 g/mol. The van der Waals surface area contributed by atoms with E-state index in [4.69, 9.17) is 16.3 Å². The third-order valence-corrected chi connectivity index (χ3v) is 5.88. The Bertz CT molecular complexity index is 1270. The van der Waals surface area contributed by atoms with Gasteiger partial charge in [0.15, 0.2) is 0 Å². The number of benzene rings is 2. The van der Waals surface area contributed by atoms with Gasteiger partial charge in [0.25, 0.3) is 5.56 Å². The first-order valence-corrected chi connectivity index (χ1v) is 10.6. The second-order valence-corrected chi connectivity index (χ2v) is 8.34. The maximum absolute atomic E-state index is 12.5. The summed E-state index contributed by atoms with van der Waals surface area (Å²) in [4.78, 5) is 17.7. The molecule has 158 valence electrons. The van der Waals surface area contributed by atoms with Crippen molar-refractivity contribution in [2.75, 3.05) is 20.1 Å². The highest BCUT2D eigenvalue weighted by Crippen LogP contribution is 2.23. The van der Waals surface area contributed by atoms with Crippen molar-refractivity contribution in [1.29, 1.82) is 0 Å². The quantitative estimate of drug-likeness (QED) is 0.526. The van der Waals surface area contributed by atoms with E-state index in [0.29, 0.717) is 16.3 Å². The van der Waals surface area contributed by atoms with Crippen molar-refractivity contribution in [1.82, 2.24) is 24.9 Å². The van der Waals surface area contributed by atoms with E-state index in [2.05, 4.69) is 27.2 Å². The lowest BCUT2D eigenvalue weighted by atomic mass is 10.1. The van der Waals surface area contributed by atoms with Crippen LogP contribution in [0.4, 0.5) is 0 Å². The number of hydrogen-bond donors (Lipinski definition) is 1. The number of aromatic amines is 1. The lowest BCUT2D eigenvalue weighted by Crippen LogP contribution is -2.35. The summed E-state index contributed by atoms with van der Waals surface area (Å²) in [5, 5.41) is 9.84. The average molecular weight is 436 g/mol. The summed E-state index contributed by atoms with van der Waals surface area (Å²) < 4.78 is 7.76. The van der Waals surface area contributed by atoms with Crippen LogP contribution in [0.25, 0.3) is 27.8 Å². The molecule has 0 spiro atoms. The van der Waals surface area contributed by atoms with Gasteiger partial charge in [-0.05, 0) is 68.4 Å². The Hall–Kier alpha value is -3.16. The van der Waals surface area contributed by atoms with Gasteiger partial charge in [0.05, 0.1) is 17.4 Å². The van der Waals surface area contributed by atoms with Crippen LogP contribution in [-0.4, -0.2) is 51.1 Å². The second kappa shape index (κ2) is 8.17. The van der Waals surface area contributed by atoms with Crippen molar-refractivity contribution in [3.63, 3.8) is 0 Å². The Balaban J connectivity index is 1.36. The minimum absolute atomic E-state index is 0.219. The first-order chi connectivity index (χ1) is 15.0. The minimum Gasteiger partial charge on any atom is -0.490 e. The Morgan fingerprint density at radius 3 is 2.65 bits per heavy atom. The highest BCUT2D eigenvalue weighted by atomic mass is 35.5. The standard InChI is InChI=1S/C23H22ClN5O2/c1-28-10-8-19(9-11-28)31-18-5-3-17(4-6-18)29-14-22(26-27-29)20-13-15-12-16(24)2-7-21(15)25-23(20)30/h2-7,12-14,19H,8-11H2,1H3,(H,25,30). The molecule has 31 heavy (non-hydrogen) atoms. The summed E-state index contributed by atoms with van der Waals surface area (Å²) in [5.74, 6) is 0.849. The van der Waals surface area contributed by atoms with Gasteiger partial charge in [0.1, 0.15) is 17.5 Å². The van der Waals surface area contributed by atoms with Crippen LogP contribution in [-0.2, 0) is 0 Å². The van der Waals surface area contributed by atoms with Gasteiger partial charge in [0, 0.05) is 29.0 Å². The maximum atomic E-state index is 12.5. The van der Waals surface area contributed by atoms with Crippen LogP contribution >= 0.6 is 11.6 Å².